The van der Waals surface area contributed by atoms with Gasteiger partial charge in [0.2, 0.25) is 0 Å². The van der Waals surface area contributed by atoms with Crippen molar-refractivity contribution in [1.29, 1.82) is 0 Å². The van der Waals surface area contributed by atoms with Gasteiger partial charge in [0.25, 0.3) is 0 Å². The van der Waals surface area contributed by atoms with E-state index in [4.69, 9.17) is 0 Å². The lowest BCUT2D eigenvalue weighted by molar-refractivity contribution is -0.136. The van der Waals surface area contributed by atoms with Crippen LogP contribution in [0.3, 0.4) is 0 Å². The Labute approximate surface area is 149 Å². The number of aliphatic hydroxyl groups excluding tert-OH is 1. The van der Waals surface area contributed by atoms with Gasteiger partial charge in [-0.1, -0.05) is 26.0 Å². The predicted octanol–water partition coefficient (Wildman–Crippen LogP) is 1.71. The van der Waals surface area contributed by atoms with E-state index in [1.165, 1.54) is 0 Å². The fraction of sp³-hybridized carbons (Fsp3) is 0.579. The van der Waals surface area contributed by atoms with E-state index in [-0.39, 0.29) is 6.10 Å². The summed E-state index contributed by atoms with van der Waals surface area (Å²) in [4.78, 5) is 26.1. The van der Waals surface area contributed by atoms with E-state index in [0.29, 0.717) is 18.2 Å². The predicted molar refractivity (Wildman–Crippen MR) is 98.5 cm³/mol. The van der Waals surface area contributed by atoms with Crippen LogP contribution in [0.5, 0.6) is 0 Å². The molecule has 1 fully saturated rings. The first-order chi connectivity index (χ1) is 12.0. The van der Waals surface area contributed by atoms with Crippen LogP contribution < -0.4 is 10.6 Å². The molecule has 0 saturated carbocycles. The Hall–Kier alpha value is -1.92. The van der Waals surface area contributed by atoms with Crippen LogP contribution in [0.4, 0.5) is 5.69 Å². The third-order valence-electron chi connectivity index (χ3n) is 4.51. The number of piperidine rings is 1. The van der Waals surface area contributed by atoms with Crippen molar-refractivity contribution in [3.63, 3.8) is 0 Å². The molecule has 0 atom stereocenters. The minimum Gasteiger partial charge on any atom is -0.393 e. The molecule has 0 spiro atoms. The highest BCUT2D eigenvalue weighted by Gasteiger charge is 2.17. The van der Waals surface area contributed by atoms with Crippen molar-refractivity contribution >= 4 is 17.5 Å². The molecule has 1 aliphatic heterocycles. The number of hydrogen-bond acceptors (Lipinski definition) is 4. The second-order valence-corrected chi connectivity index (χ2v) is 6.92. The molecule has 6 nitrogen and oxygen atoms in total. The summed E-state index contributed by atoms with van der Waals surface area (Å²) in [5, 5.41) is 14.8. The fourth-order valence-electron chi connectivity index (χ4n) is 2.89. The van der Waals surface area contributed by atoms with Gasteiger partial charge >= 0.3 is 11.8 Å². The van der Waals surface area contributed by atoms with Crippen molar-refractivity contribution in [2.45, 2.75) is 45.1 Å². The minimum atomic E-state index is -0.637. The van der Waals surface area contributed by atoms with Crippen molar-refractivity contribution in [1.82, 2.24) is 10.2 Å². The van der Waals surface area contributed by atoms with Gasteiger partial charge in [-0.3, -0.25) is 9.59 Å². The van der Waals surface area contributed by atoms with Crippen molar-refractivity contribution in [3.05, 3.63) is 29.8 Å². The first-order valence-corrected chi connectivity index (χ1v) is 9.05. The molecule has 1 aliphatic rings. The van der Waals surface area contributed by atoms with E-state index in [9.17, 15) is 14.7 Å². The quantitative estimate of drug-likeness (QED) is 0.540. The number of aliphatic hydroxyl groups is 1. The third kappa shape index (κ3) is 6.48. The van der Waals surface area contributed by atoms with Gasteiger partial charge in [-0.15, -0.1) is 0 Å². The number of amides is 2. The summed E-state index contributed by atoms with van der Waals surface area (Å²) in [6, 6.07) is 7.54. The van der Waals surface area contributed by atoms with Crippen molar-refractivity contribution < 1.29 is 14.7 Å². The van der Waals surface area contributed by atoms with E-state index >= 15 is 0 Å². The molecule has 6 heteroatoms. The summed E-state index contributed by atoms with van der Waals surface area (Å²) in [5.74, 6) is -0.882. The maximum Gasteiger partial charge on any atom is 0.313 e. The van der Waals surface area contributed by atoms with Gasteiger partial charge < -0.3 is 20.6 Å². The number of rotatable bonds is 6. The molecule has 1 saturated heterocycles. The summed E-state index contributed by atoms with van der Waals surface area (Å²) < 4.78 is 0. The molecule has 2 rings (SSSR count). The molecule has 0 aliphatic carbocycles. The summed E-state index contributed by atoms with van der Waals surface area (Å²) in [7, 11) is 0. The van der Waals surface area contributed by atoms with Gasteiger partial charge in [-0.05, 0) is 49.4 Å². The third-order valence-corrected chi connectivity index (χ3v) is 4.51. The van der Waals surface area contributed by atoms with E-state index in [1.807, 2.05) is 18.2 Å². The van der Waals surface area contributed by atoms with Crippen LogP contribution in [0.15, 0.2) is 24.3 Å². The van der Waals surface area contributed by atoms with Crippen LogP contribution >= 0.6 is 0 Å². The molecule has 3 N–H and O–H groups in total. The zero-order valence-corrected chi connectivity index (χ0v) is 15.1. The number of hydrogen-bond donors (Lipinski definition) is 3. The van der Waals surface area contributed by atoms with Gasteiger partial charge in [-0.25, -0.2) is 0 Å². The molecule has 2 amide bonds. The molecule has 1 heterocycles. The molecule has 138 valence electrons. The topological polar surface area (TPSA) is 81.7 Å². The molecular weight excluding hydrogens is 318 g/mol. The Morgan fingerprint density at radius 2 is 1.96 bits per heavy atom. The number of carbonyl (C=O) groups is 2. The number of nitrogens with zero attached hydrogens (tertiary/aromatic N) is 1. The van der Waals surface area contributed by atoms with Gasteiger partial charge in [-0.2, -0.15) is 0 Å². The van der Waals surface area contributed by atoms with Crippen molar-refractivity contribution in [3.8, 4) is 0 Å². The Balaban J connectivity index is 1.68. The zero-order chi connectivity index (χ0) is 18.2. The minimum absolute atomic E-state index is 0.172. The van der Waals surface area contributed by atoms with Crippen LogP contribution in [0, 0.1) is 0 Å². The fourth-order valence-corrected chi connectivity index (χ4v) is 2.89. The Morgan fingerprint density at radius 3 is 2.64 bits per heavy atom. The second-order valence-electron chi connectivity index (χ2n) is 6.92. The summed E-state index contributed by atoms with van der Waals surface area (Å²) in [5.41, 5.74) is 1.75. The lowest BCUT2D eigenvalue weighted by atomic mass is 10.0. The molecule has 0 radical (unpaired) electrons. The Kier molecular flexibility index (Phi) is 7.40. The smallest absolute Gasteiger partial charge is 0.313 e. The van der Waals surface area contributed by atoms with Crippen LogP contribution in [-0.4, -0.2) is 54.1 Å². The van der Waals surface area contributed by atoms with Crippen LogP contribution in [0.2, 0.25) is 0 Å². The molecule has 0 bridgehead atoms. The van der Waals surface area contributed by atoms with E-state index in [2.05, 4.69) is 29.4 Å². The second kappa shape index (κ2) is 9.53. The Bertz CT molecular complexity index is 581. The number of likely N-dealkylation sites (tertiary alicyclic amines) is 1. The zero-order valence-electron chi connectivity index (χ0n) is 15.1. The summed E-state index contributed by atoms with van der Waals surface area (Å²) in [6.45, 7) is 7.28. The molecule has 0 unspecified atom stereocenters. The summed E-state index contributed by atoms with van der Waals surface area (Å²) in [6.07, 6.45) is 2.24. The molecule has 0 aromatic heterocycles. The SMILES string of the molecule is CC(C)c1cccc(NC(=O)C(=O)NCCCN2CCC(O)CC2)c1. The first-order valence-electron chi connectivity index (χ1n) is 9.05. The van der Waals surface area contributed by atoms with Gasteiger partial charge in [0.15, 0.2) is 0 Å². The summed E-state index contributed by atoms with van der Waals surface area (Å²) >= 11 is 0. The lowest BCUT2D eigenvalue weighted by Gasteiger charge is -2.29. The average Bonchev–Trinajstić information content (AvgIpc) is 2.60. The van der Waals surface area contributed by atoms with Gasteiger partial charge in [0, 0.05) is 25.3 Å². The number of anilines is 1. The molecule has 25 heavy (non-hydrogen) atoms. The largest absolute Gasteiger partial charge is 0.393 e. The van der Waals surface area contributed by atoms with Crippen LogP contribution in [-0.2, 0) is 9.59 Å². The number of carbonyl (C=O) groups excluding carboxylic acids is 2. The monoisotopic (exact) mass is 347 g/mol. The highest BCUT2D eigenvalue weighted by molar-refractivity contribution is 6.39. The highest BCUT2D eigenvalue weighted by atomic mass is 16.3. The van der Waals surface area contributed by atoms with E-state index in [0.717, 1.165) is 44.5 Å². The normalized spacial score (nSPS) is 16.0. The molecular formula is C19H29N3O3. The Morgan fingerprint density at radius 1 is 1.24 bits per heavy atom. The van der Waals surface area contributed by atoms with Crippen molar-refractivity contribution in [2.75, 3.05) is 31.5 Å². The maximum atomic E-state index is 12.0. The van der Waals surface area contributed by atoms with Crippen molar-refractivity contribution in [2.24, 2.45) is 0 Å². The number of nitrogens with one attached hydrogen (secondary N) is 2. The van der Waals surface area contributed by atoms with E-state index < -0.39 is 11.8 Å². The average molecular weight is 347 g/mol. The highest BCUT2D eigenvalue weighted by Crippen LogP contribution is 2.18. The van der Waals surface area contributed by atoms with Gasteiger partial charge in [0.05, 0.1) is 6.10 Å². The van der Waals surface area contributed by atoms with Gasteiger partial charge in [0.1, 0.15) is 0 Å². The standard InChI is InChI=1S/C19H29N3O3/c1-14(2)15-5-3-6-16(13-15)21-19(25)18(24)20-9-4-10-22-11-7-17(23)8-12-22/h3,5-6,13-14,17,23H,4,7-12H2,1-2H3,(H,20,24)(H,21,25). The maximum absolute atomic E-state index is 12.0. The van der Waals surface area contributed by atoms with Crippen LogP contribution in [0.25, 0.3) is 0 Å². The van der Waals surface area contributed by atoms with Crippen LogP contribution in [0.1, 0.15) is 44.6 Å². The lowest BCUT2D eigenvalue weighted by Crippen LogP contribution is -2.39. The van der Waals surface area contributed by atoms with E-state index in [1.54, 1.807) is 6.07 Å². The number of benzene rings is 1. The molecule has 1 aromatic rings. The first kappa shape index (κ1) is 19.4. The molecule has 1 aromatic carbocycles.